The first-order valence-electron chi connectivity index (χ1n) is 20.5. The first kappa shape index (κ1) is 46.7. The molecule has 4 heterocycles. The molecule has 4 aromatic carbocycles. The molecular weight excluding hydrogens is 870 g/mol. The van der Waals surface area contributed by atoms with Crippen LogP contribution in [0.5, 0.6) is 11.5 Å². The highest BCUT2D eigenvalue weighted by Gasteiger charge is 2.52. The molecular formula is C46H43NO19. The average Bonchev–Trinajstić information content (AvgIpc) is 4.08. The van der Waals surface area contributed by atoms with Crippen molar-refractivity contribution in [3.8, 4) is 11.5 Å². The monoisotopic (exact) mass is 913 g/mol. The molecule has 20 heteroatoms. The molecule has 4 fully saturated rings. The van der Waals surface area contributed by atoms with E-state index in [-0.39, 0.29) is 60.2 Å². The molecule has 4 saturated heterocycles. The predicted octanol–water partition coefficient (Wildman–Crippen LogP) is 4.34. The lowest BCUT2D eigenvalue weighted by molar-refractivity contribution is -0.763. The van der Waals surface area contributed by atoms with Gasteiger partial charge < -0.3 is 52.2 Å². The van der Waals surface area contributed by atoms with Gasteiger partial charge in [-0.1, -0.05) is 60.2 Å². The number of fused-ring (bicyclic) bond motifs is 2. The molecule has 8 atom stereocenters. The van der Waals surface area contributed by atoms with Crippen molar-refractivity contribution in [2.24, 2.45) is 0 Å². The zero-order valence-corrected chi connectivity index (χ0v) is 35.6. The maximum atomic E-state index is 12.7. The summed E-state index contributed by atoms with van der Waals surface area (Å²) in [7, 11) is 0. The lowest BCUT2D eigenvalue weighted by Crippen LogP contribution is -2.36. The highest BCUT2D eigenvalue weighted by atomic mass is 16.9. The second-order valence-electron chi connectivity index (χ2n) is 15.2. The summed E-state index contributed by atoms with van der Waals surface area (Å²) in [6.07, 6.45) is -5.28. The van der Waals surface area contributed by atoms with Crippen molar-refractivity contribution < 1.29 is 86.1 Å². The highest BCUT2D eigenvalue weighted by molar-refractivity contribution is 5.94. The number of carbonyl (C=O) groups excluding carboxylic acids is 6. The van der Waals surface area contributed by atoms with Gasteiger partial charge in [0, 0.05) is 13.8 Å². The van der Waals surface area contributed by atoms with E-state index in [1.54, 1.807) is 54.6 Å². The Morgan fingerprint density at radius 3 is 1.36 bits per heavy atom. The Kier molecular flexibility index (Phi) is 15.0. The topological polar surface area (TPSA) is 247 Å². The summed E-state index contributed by atoms with van der Waals surface area (Å²) in [6.45, 7) is 4.23. The normalized spacial score (nSPS) is 23.4. The summed E-state index contributed by atoms with van der Waals surface area (Å²) in [4.78, 5) is 88.0. The van der Waals surface area contributed by atoms with Gasteiger partial charge in [-0.2, -0.15) is 0 Å². The van der Waals surface area contributed by atoms with Gasteiger partial charge in [0.25, 0.3) is 5.09 Å². The smallest absolute Gasteiger partial charge is 0.342 e. The summed E-state index contributed by atoms with van der Waals surface area (Å²) < 4.78 is 55.2. The lowest BCUT2D eigenvalue weighted by Gasteiger charge is -2.18. The van der Waals surface area contributed by atoms with Crippen LogP contribution in [0.25, 0.3) is 0 Å². The Balaban J connectivity index is 0.000000198. The minimum atomic E-state index is -0.948. The fourth-order valence-electron chi connectivity index (χ4n) is 7.57. The van der Waals surface area contributed by atoms with Crippen LogP contribution in [0.15, 0.2) is 97.1 Å². The Morgan fingerprint density at radius 1 is 0.545 bits per heavy atom. The lowest BCUT2D eigenvalue weighted by atomic mass is 10.1. The van der Waals surface area contributed by atoms with E-state index in [0.717, 1.165) is 5.56 Å². The van der Waals surface area contributed by atoms with Crippen molar-refractivity contribution in [2.75, 3.05) is 26.4 Å². The molecule has 20 nitrogen and oxygen atoms in total. The molecule has 0 N–H and O–H groups in total. The molecule has 4 aliphatic heterocycles. The number of hydrogen-bond donors (Lipinski definition) is 0. The van der Waals surface area contributed by atoms with Crippen LogP contribution in [0.4, 0.5) is 0 Å². The first-order chi connectivity index (χ1) is 31.7. The number of carbonyl (C=O) groups is 6. The number of esters is 6. The van der Waals surface area contributed by atoms with Crippen molar-refractivity contribution in [3.63, 3.8) is 0 Å². The van der Waals surface area contributed by atoms with E-state index in [1.165, 1.54) is 50.2 Å². The number of aryl methyl sites for hydroxylation is 1. The Labute approximate surface area is 375 Å². The predicted molar refractivity (Wildman–Crippen MR) is 221 cm³/mol. The molecule has 0 aromatic heterocycles. The molecule has 0 bridgehead atoms. The maximum Gasteiger partial charge on any atom is 0.342 e. The van der Waals surface area contributed by atoms with Crippen molar-refractivity contribution >= 4 is 35.8 Å². The molecule has 4 aromatic rings. The second-order valence-corrected chi connectivity index (χ2v) is 15.2. The Morgan fingerprint density at radius 2 is 0.939 bits per heavy atom. The van der Waals surface area contributed by atoms with Crippen molar-refractivity contribution in [1.29, 1.82) is 0 Å². The van der Waals surface area contributed by atoms with E-state index < -0.39 is 96.3 Å². The minimum Gasteiger partial charge on any atom is -0.453 e. The van der Waals surface area contributed by atoms with Crippen LogP contribution < -0.4 is 9.47 Å². The van der Waals surface area contributed by atoms with Crippen LogP contribution in [0.3, 0.4) is 0 Å². The summed E-state index contributed by atoms with van der Waals surface area (Å²) >= 11 is 0. The van der Waals surface area contributed by atoms with Gasteiger partial charge in [0.05, 0.1) is 37.6 Å². The number of para-hydroxylation sites is 2. The zero-order chi connectivity index (χ0) is 46.9. The third kappa shape index (κ3) is 11.3. The van der Waals surface area contributed by atoms with Crippen LogP contribution >= 0.6 is 0 Å². The van der Waals surface area contributed by atoms with E-state index >= 15 is 0 Å². The van der Waals surface area contributed by atoms with Gasteiger partial charge in [-0.25, -0.2) is 19.2 Å². The van der Waals surface area contributed by atoms with Gasteiger partial charge in [0.2, 0.25) is 0 Å². The molecule has 4 aliphatic rings. The third-order valence-electron chi connectivity index (χ3n) is 10.5. The third-order valence-corrected chi connectivity index (χ3v) is 10.5. The van der Waals surface area contributed by atoms with Crippen LogP contribution in [0, 0.1) is 17.0 Å². The molecule has 0 radical (unpaired) electrons. The summed E-state index contributed by atoms with van der Waals surface area (Å²) in [5, 5.41) is 9.55. The number of benzene rings is 4. The van der Waals surface area contributed by atoms with E-state index in [2.05, 4.69) is 4.84 Å². The number of hydrogen-bond acceptors (Lipinski definition) is 19. The Hall–Kier alpha value is -7.26. The van der Waals surface area contributed by atoms with Crippen LogP contribution in [-0.4, -0.2) is 116 Å². The van der Waals surface area contributed by atoms with Gasteiger partial charge in [-0.3, -0.25) is 9.59 Å². The zero-order valence-electron chi connectivity index (χ0n) is 35.6. The molecule has 346 valence electrons. The standard InChI is InChI=1S/C23H21NO11.C23H22O8/c1-13(25)33-17-9-5-4-8-16(17)23(27)35-19-12-31-20-18(11-30-21(19)20)34-22(26)15-7-3-2-6-14(15)10-32-24(28)29;1-13-6-5-7-15(10-13)22(25)30-18-11-27-21-19(12-28-20(18)21)31-23(26)16-8-3-4-9-17(16)29-14(2)24/h2-9,18-21H,10-12H2,1H3;3-10,18-21H,11-12H2,1-2H3/t2*18-,19?,20-,21-/m11/s1. The van der Waals surface area contributed by atoms with Gasteiger partial charge in [-0.05, 0) is 55.0 Å². The summed E-state index contributed by atoms with van der Waals surface area (Å²) in [5.74, 6) is -3.49. The summed E-state index contributed by atoms with van der Waals surface area (Å²) in [6, 6.07) is 25.8. The minimum absolute atomic E-state index is 0.00667. The number of ether oxygens (including phenoxy) is 10. The quantitative estimate of drug-likeness (QED) is 0.0595. The van der Waals surface area contributed by atoms with Gasteiger partial charge in [0.15, 0.2) is 24.4 Å². The van der Waals surface area contributed by atoms with E-state index in [1.807, 2.05) is 13.0 Å². The van der Waals surface area contributed by atoms with Gasteiger partial charge >= 0.3 is 35.8 Å². The summed E-state index contributed by atoms with van der Waals surface area (Å²) in [5.41, 5.74) is 2.00. The Bertz CT molecular complexity index is 2470. The average molecular weight is 914 g/mol. The van der Waals surface area contributed by atoms with Crippen molar-refractivity contribution in [2.45, 2.75) is 76.2 Å². The van der Waals surface area contributed by atoms with Gasteiger partial charge in [0.1, 0.15) is 53.6 Å². The molecule has 8 rings (SSSR count). The fraction of sp³-hybridized carbons (Fsp3) is 0.348. The van der Waals surface area contributed by atoms with Crippen molar-refractivity contribution in [3.05, 3.63) is 141 Å². The first-order valence-corrected chi connectivity index (χ1v) is 20.5. The molecule has 0 amide bonds. The van der Waals surface area contributed by atoms with Gasteiger partial charge in [-0.15, -0.1) is 10.1 Å². The van der Waals surface area contributed by atoms with E-state index in [9.17, 15) is 38.9 Å². The van der Waals surface area contributed by atoms with Crippen molar-refractivity contribution in [1.82, 2.24) is 0 Å². The maximum absolute atomic E-state index is 12.7. The van der Waals surface area contributed by atoms with E-state index in [0.29, 0.717) is 5.56 Å². The SMILES string of the molecule is CC(=O)Oc1ccccc1C(=O)OC1CO[C@H]2[C@@H]1OC[C@H]2OC(=O)c1cccc(C)c1.CC(=O)Oc1ccccc1C(=O)OC1CO[C@H]2[C@@H]1OC[C@H]2OC(=O)c1ccccc1CO[N+](=O)[O-]. The highest BCUT2D eigenvalue weighted by Crippen LogP contribution is 2.34. The largest absolute Gasteiger partial charge is 0.453 e. The molecule has 0 aliphatic carbocycles. The molecule has 0 spiro atoms. The van der Waals surface area contributed by atoms with E-state index in [4.69, 9.17) is 47.4 Å². The van der Waals surface area contributed by atoms with Crippen LogP contribution in [0.1, 0.15) is 66.4 Å². The molecule has 2 unspecified atom stereocenters. The fourth-order valence-corrected chi connectivity index (χ4v) is 7.57. The molecule has 66 heavy (non-hydrogen) atoms. The second kappa shape index (κ2) is 21.2. The number of rotatable bonds is 13. The van der Waals surface area contributed by atoms with Crippen LogP contribution in [-0.2, 0) is 58.9 Å². The number of nitrogens with zero attached hydrogens (tertiary/aromatic N) is 1. The molecule has 0 saturated carbocycles. The van der Waals surface area contributed by atoms with Crippen LogP contribution in [0.2, 0.25) is 0 Å².